The highest BCUT2D eigenvalue weighted by Gasteiger charge is 2.49. The van der Waals surface area contributed by atoms with Crippen molar-refractivity contribution >= 4 is 19.4 Å². The van der Waals surface area contributed by atoms with E-state index in [1.807, 2.05) is 0 Å². The van der Waals surface area contributed by atoms with Gasteiger partial charge in [-0.2, -0.15) is 0 Å². The van der Waals surface area contributed by atoms with Crippen LogP contribution in [0, 0.1) is 0 Å². The van der Waals surface area contributed by atoms with Crippen LogP contribution in [-0.2, 0) is 38.1 Å². The summed E-state index contributed by atoms with van der Waals surface area (Å²) in [6.07, 6.45) is -2.42. The lowest BCUT2D eigenvalue weighted by molar-refractivity contribution is -0.280. The van der Waals surface area contributed by atoms with E-state index in [1.54, 1.807) is 13.8 Å². The minimum atomic E-state index is -0.984. The summed E-state index contributed by atoms with van der Waals surface area (Å²) in [5, 5.41) is 2.86. The summed E-state index contributed by atoms with van der Waals surface area (Å²) in [5.74, 6) is 0. The fourth-order valence-electron chi connectivity index (χ4n) is 2.32. The third kappa shape index (κ3) is 5.22. The molecule has 0 aromatic carbocycles. The van der Waals surface area contributed by atoms with Gasteiger partial charge in [0.05, 0.1) is 6.10 Å². The number of nitrogens with one attached hydrogen (secondary N) is 1. The van der Waals surface area contributed by atoms with Crippen molar-refractivity contribution in [2.75, 3.05) is 6.61 Å². The molecule has 1 rings (SSSR count). The molecule has 5 atom stereocenters. The quantitative estimate of drug-likeness (QED) is 0.395. The van der Waals surface area contributed by atoms with E-state index in [0.29, 0.717) is 0 Å². The number of ether oxygens (including phenoxy) is 5. The van der Waals surface area contributed by atoms with Crippen molar-refractivity contribution in [2.24, 2.45) is 0 Å². The molecule has 1 aliphatic rings. The van der Waals surface area contributed by atoms with Crippen LogP contribution in [-0.4, -0.2) is 62.8 Å². The van der Waals surface area contributed by atoms with Gasteiger partial charge in [-0.1, -0.05) is 6.58 Å². The predicted octanol–water partition coefficient (Wildman–Crippen LogP) is -0.506. The van der Waals surface area contributed by atoms with E-state index in [-0.39, 0.29) is 32.1 Å². The van der Waals surface area contributed by atoms with Gasteiger partial charge in [0, 0.05) is 0 Å². The second kappa shape index (κ2) is 9.80. The van der Waals surface area contributed by atoms with Crippen LogP contribution in [0.25, 0.3) is 0 Å². The molecule has 9 heteroatoms. The third-order valence-electron chi connectivity index (χ3n) is 3.12. The molecule has 1 saturated heterocycles. The largest absolute Gasteiger partial charge is 0.465 e. The maximum atomic E-state index is 10.8. The maximum absolute atomic E-state index is 10.8. The van der Waals surface area contributed by atoms with Crippen LogP contribution in [0.2, 0.25) is 0 Å². The summed E-state index contributed by atoms with van der Waals surface area (Å²) >= 11 is 0. The Hall–Kier alpha value is -2.13. The van der Waals surface area contributed by atoms with E-state index in [4.69, 9.17) is 18.9 Å². The van der Waals surface area contributed by atoms with Gasteiger partial charge in [-0.3, -0.25) is 14.4 Å². The minimum absolute atomic E-state index is 0.192. The van der Waals surface area contributed by atoms with Crippen LogP contribution in [0.3, 0.4) is 0 Å². The van der Waals surface area contributed by atoms with E-state index < -0.39 is 30.6 Å². The monoisotopic (exact) mass is 331 g/mol. The van der Waals surface area contributed by atoms with Gasteiger partial charge >= 0.3 is 0 Å². The molecule has 1 N–H and O–H groups in total. The minimum Gasteiger partial charge on any atom is -0.465 e. The average molecular weight is 331 g/mol. The Morgan fingerprint density at radius 2 is 1.78 bits per heavy atom. The molecule has 0 bridgehead atoms. The van der Waals surface area contributed by atoms with Crippen molar-refractivity contribution in [3.8, 4) is 0 Å². The van der Waals surface area contributed by atoms with Gasteiger partial charge < -0.3 is 29.0 Å². The summed E-state index contributed by atoms with van der Waals surface area (Å²) in [5.41, 5.74) is 0. The van der Waals surface area contributed by atoms with Crippen LogP contribution < -0.4 is 5.32 Å². The highest BCUT2D eigenvalue weighted by Crippen LogP contribution is 2.27. The molecular formula is C14H21NO8. The van der Waals surface area contributed by atoms with Gasteiger partial charge in [0.25, 0.3) is 19.4 Å². The van der Waals surface area contributed by atoms with Gasteiger partial charge in [-0.25, -0.2) is 0 Å². The summed E-state index contributed by atoms with van der Waals surface area (Å²) in [4.78, 5) is 32.0. The molecule has 23 heavy (non-hydrogen) atoms. The van der Waals surface area contributed by atoms with E-state index in [2.05, 4.69) is 16.6 Å². The Balaban J connectivity index is 3.08. The molecule has 0 aromatic rings. The first-order chi connectivity index (χ1) is 11.1. The molecule has 130 valence electrons. The van der Waals surface area contributed by atoms with Crippen LogP contribution in [0.1, 0.15) is 13.8 Å². The standard InChI is InChI=1S/C14H21NO8/c1-4-15-11-13(21-8-18)12(20-7-17)10(5-19-6-16)23-14(11)22-9(2)3/h4,6-15H,1,5H2,2-3H3/t10-,11-,12-,13-,14-/m1/s1. The Labute approximate surface area is 133 Å². The molecule has 1 heterocycles. The third-order valence-corrected chi connectivity index (χ3v) is 3.12. The fourth-order valence-corrected chi connectivity index (χ4v) is 2.32. The molecular weight excluding hydrogens is 310 g/mol. The lowest BCUT2D eigenvalue weighted by Gasteiger charge is -2.44. The first-order valence-electron chi connectivity index (χ1n) is 7.00. The number of rotatable bonds is 11. The average Bonchev–Trinajstić information content (AvgIpc) is 2.51. The normalized spacial score (nSPS) is 30.1. The van der Waals surface area contributed by atoms with Crippen molar-refractivity contribution < 1.29 is 38.1 Å². The van der Waals surface area contributed by atoms with Gasteiger partial charge in [-0.15, -0.1) is 0 Å². The number of carbonyl (C=O) groups excluding carboxylic acids is 3. The van der Waals surface area contributed by atoms with Crippen LogP contribution in [0.5, 0.6) is 0 Å². The van der Waals surface area contributed by atoms with Crippen molar-refractivity contribution in [3.05, 3.63) is 12.8 Å². The molecule has 0 saturated carbocycles. The zero-order chi connectivity index (χ0) is 17.2. The molecule has 1 fully saturated rings. The number of carbonyl (C=O) groups is 3. The predicted molar refractivity (Wildman–Crippen MR) is 75.9 cm³/mol. The lowest BCUT2D eigenvalue weighted by Crippen LogP contribution is -2.64. The lowest BCUT2D eigenvalue weighted by atomic mass is 9.96. The summed E-state index contributed by atoms with van der Waals surface area (Å²) < 4.78 is 26.1. The molecule has 0 aliphatic carbocycles. The van der Waals surface area contributed by atoms with Crippen LogP contribution >= 0.6 is 0 Å². The van der Waals surface area contributed by atoms with Gasteiger partial charge in [0.15, 0.2) is 18.5 Å². The maximum Gasteiger partial charge on any atom is 0.293 e. The summed E-state index contributed by atoms with van der Waals surface area (Å²) in [6.45, 7) is 7.64. The molecule has 0 radical (unpaired) electrons. The topological polar surface area (TPSA) is 109 Å². The molecule has 0 spiro atoms. The second-order valence-corrected chi connectivity index (χ2v) is 4.95. The van der Waals surface area contributed by atoms with Gasteiger partial charge in [0.2, 0.25) is 0 Å². The van der Waals surface area contributed by atoms with Gasteiger partial charge in [-0.05, 0) is 20.0 Å². The van der Waals surface area contributed by atoms with Crippen molar-refractivity contribution in [3.63, 3.8) is 0 Å². The van der Waals surface area contributed by atoms with E-state index in [9.17, 15) is 14.4 Å². The van der Waals surface area contributed by atoms with Crippen molar-refractivity contribution in [2.45, 2.75) is 50.6 Å². The SMILES string of the molecule is C=CN[C@H]1[C@H](OC(C)C)O[C@H](COC=O)[C@@H](OC=O)[C@@H]1OC=O. The molecule has 9 nitrogen and oxygen atoms in total. The second-order valence-electron chi connectivity index (χ2n) is 4.95. The van der Waals surface area contributed by atoms with Crippen LogP contribution in [0.15, 0.2) is 12.8 Å². The van der Waals surface area contributed by atoms with E-state index in [1.165, 1.54) is 6.20 Å². The Morgan fingerprint density at radius 3 is 2.30 bits per heavy atom. The first-order valence-corrected chi connectivity index (χ1v) is 7.00. The Morgan fingerprint density at radius 1 is 1.13 bits per heavy atom. The highest BCUT2D eigenvalue weighted by molar-refractivity contribution is 5.40. The summed E-state index contributed by atoms with van der Waals surface area (Å²) in [6, 6.07) is -0.669. The summed E-state index contributed by atoms with van der Waals surface area (Å²) in [7, 11) is 0. The number of hydrogen-bond acceptors (Lipinski definition) is 9. The van der Waals surface area contributed by atoms with Crippen LogP contribution in [0.4, 0.5) is 0 Å². The molecule has 0 unspecified atom stereocenters. The van der Waals surface area contributed by atoms with Crippen molar-refractivity contribution in [1.82, 2.24) is 5.32 Å². The zero-order valence-electron chi connectivity index (χ0n) is 13.0. The van der Waals surface area contributed by atoms with E-state index >= 15 is 0 Å². The molecule has 0 aromatic heterocycles. The first kappa shape index (κ1) is 18.9. The van der Waals surface area contributed by atoms with Gasteiger partial charge in [0.1, 0.15) is 18.8 Å². The Kier molecular flexibility index (Phi) is 8.06. The highest BCUT2D eigenvalue weighted by atomic mass is 16.7. The number of hydrogen-bond donors (Lipinski definition) is 1. The zero-order valence-corrected chi connectivity index (χ0v) is 13.0. The Bertz CT molecular complexity index is 402. The fraction of sp³-hybridized carbons (Fsp3) is 0.643. The van der Waals surface area contributed by atoms with Crippen molar-refractivity contribution in [1.29, 1.82) is 0 Å². The smallest absolute Gasteiger partial charge is 0.293 e. The molecule has 1 aliphatic heterocycles. The molecule has 0 amide bonds. The van der Waals surface area contributed by atoms with E-state index in [0.717, 1.165) is 0 Å².